The first kappa shape index (κ1) is 18.7. The Kier molecular flexibility index (Phi) is 4.94. The summed E-state index contributed by atoms with van der Waals surface area (Å²) in [6.07, 6.45) is 0. The standard InChI is InChI=1S/C20H17ClN4O2S/c21-18-7-8-20(23-19(18)14-22)24-9-11-25(12-10-24)28(26,27)17-6-5-15-3-1-2-4-16(15)13-17/h1-8,13H,9-12H2. The van der Waals surface area contributed by atoms with Crippen molar-refractivity contribution < 1.29 is 8.42 Å². The number of fused-ring (bicyclic) bond motifs is 1. The van der Waals surface area contributed by atoms with E-state index in [0.29, 0.717) is 41.9 Å². The molecule has 3 aromatic rings. The Morgan fingerprint density at radius 2 is 1.68 bits per heavy atom. The smallest absolute Gasteiger partial charge is 0.243 e. The van der Waals surface area contributed by atoms with Crippen molar-refractivity contribution in [1.82, 2.24) is 9.29 Å². The van der Waals surface area contributed by atoms with Gasteiger partial charge in [-0.3, -0.25) is 0 Å². The Hall–Kier alpha value is -2.66. The lowest BCUT2D eigenvalue weighted by atomic mass is 10.1. The van der Waals surface area contributed by atoms with E-state index in [4.69, 9.17) is 16.9 Å². The summed E-state index contributed by atoms with van der Waals surface area (Å²) in [5.41, 5.74) is 0.172. The van der Waals surface area contributed by atoms with Gasteiger partial charge in [0.1, 0.15) is 11.9 Å². The number of aromatic nitrogens is 1. The molecule has 8 heteroatoms. The van der Waals surface area contributed by atoms with Crippen LogP contribution < -0.4 is 4.90 Å². The van der Waals surface area contributed by atoms with E-state index in [-0.39, 0.29) is 5.69 Å². The first-order valence-corrected chi connectivity index (χ1v) is 10.6. The molecule has 142 valence electrons. The molecule has 28 heavy (non-hydrogen) atoms. The van der Waals surface area contributed by atoms with Crippen molar-refractivity contribution in [1.29, 1.82) is 5.26 Å². The lowest BCUT2D eigenvalue weighted by Crippen LogP contribution is -2.48. The van der Waals surface area contributed by atoms with Gasteiger partial charge >= 0.3 is 0 Å². The maximum atomic E-state index is 13.1. The number of anilines is 1. The minimum atomic E-state index is -3.57. The molecule has 0 bridgehead atoms. The van der Waals surface area contributed by atoms with Gasteiger partial charge in [-0.1, -0.05) is 41.9 Å². The predicted octanol–water partition coefficient (Wildman–Crippen LogP) is 3.27. The zero-order chi connectivity index (χ0) is 19.7. The van der Waals surface area contributed by atoms with Crippen LogP contribution in [0, 0.1) is 11.3 Å². The number of hydrogen-bond acceptors (Lipinski definition) is 5. The van der Waals surface area contributed by atoms with Gasteiger partial charge in [0.15, 0.2) is 5.69 Å². The van der Waals surface area contributed by atoms with Gasteiger partial charge in [-0.2, -0.15) is 9.57 Å². The van der Waals surface area contributed by atoms with Crippen LogP contribution in [0.1, 0.15) is 5.69 Å². The summed E-state index contributed by atoms with van der Waals surface area (Å²) in [4.78, 5) is 6.52. The van der Waals surface area contributed by atoms with E-state index in [9.17, 15) is 8.42 Å². The number of nitrogens with zero attached hydrogens (tertiary/aromatic N) is 4. The Morgan fingerprint density at radius 1 is 0.964 bits per heavy atom. The zero-order valence-electron chi connectivity index (χ0n) is 14.9. The minimum Gasteiger partial charge on any atom is -0.354 e. The van der Waals surface area contributed by atoms with Crippen molar-refractivity contribution in [2.75, 3.05) is 31.1 Å². The van der Waals surface area contributed by atoms with Crippen LogP contribution in [-0.4, -0.2) is 43.9 Å². The molecule has 0 spiro atoms. The fourth-order valence-corrected chi connectivity index (χ4v) is 4.93. The van der Waals surface area contributed by atoms with Gasteiger partial charge < -0.3 is 4.90 Å². The first-order chi connectivity index (χ1) is 13.5. The number of sulfonamides is 1. The summed E-state index contributed by atoms with van der Waals surface area (Å²) in [7, 11) is -3.57. The summed E-state index contributed by atoms with van der Waals surface area (Å²) < 4.78 is 27.6. The van der Waals surface area contributed by atoms with Crippen LogP contribution >= 0.6 is 11.6 Å². The molecular weight excluding hydrogens is 396 g/mol. The second kappa shape index (κ2) is 7.40. The molecule has 0 radical (unpaired) electrons. The monoisotopic (exact) mass is 412 g/mol. The lowest BCUT2D eigenvalue weighted by Gasteiger charge is -2.34. The van der Waals surface area contributed by atoms with Crippen LogP contribution in [0.25, 0.3) is 10.8 Å². The van der Waals surface area contributed by atoms with Crippen LogP contribution in [0.2, 0.25) is 5.02 Å². The van der Waals surface area contributed by atoms with E-state index in [1.807, 2.05) is 41.3 Å². The van der Waals surface area contributed by atoms with E-state index >= 15 is 0 Å². The van der Waals surface area contributed by atoms with Crippen LogP contribution in [-0.2, 0) is 10.0 Å². The Morgan fingerprint density at radius 3 is 2.39 bits per heavy atom. The first-order valence-electron chi connectivity index (χ1n) is 8.79. The van der Waals surface area contributed by atoms with Crippen molar-refractivity contribution in [3.8, 4) is 6.07 Å². The molecule has 0 atom stereocenters. The molecule has 2 aromatic carbocycles. The highest BCUT2D eigenvalue weighted by atomic mass is 35.5. The topological polar surface area (TPSA) is 77.3 Å². The largest absolute Gasteiger partial charge is 0.354 e. The number of piperazine rings is 1. The summed E-state index contributed by atoms with van der Waals surface area (Å²) >= 11 is 5.94. The van der Waals surface area contributed by atoms with Crippen molar-refractivity contribution >= 4 is 38.2 Å². The van der Waals surface area contributed by atoms with E-state index in [0.717, 1.165) is 10.8 Å². The molecule has 0 unspecified atom stereocenters. The van der Waals surface area contributed by atoms with E-state index in [2.05, 4.69) is 4.98 Å². The zero-order valence-corrected chi connectivity index (χ0v) is 16.5. The molecule has 0 N–H and O–H groups in total. The molecule has 2 heterocycles. The van der Waals surface area contributed by atoms with Gasteiger partial charge in [0.05, 0.1) is 9.92 Å². The van der Waals surface area contributed by atoms with E-state index in [1.54, 1.807) is 24.3 Å². The van der Waals surface area contributed by atoms with Crippen LogP contribution in [0.5, 0.6) is 0 Å². The Bertz CT molecular complexity index is 1180. The van der Waals surface area contributed by atoms with Gasteiger partial charge in [-0.25, -0.2) is 13.4 Å². The highest BCUT2D eigenvalue weighted by molar-refractivity contribution is 7.89. The number of hydrogen-bond donors (Lipinski definition) is 0. The average Bonchev–Trinajstić information content (AvgIpc) is 2.74. The summed E-state index contributed by atoms with van der Waals surface area (Å²) in [6, 6.07) is 18.3. The van der Waals surface area contributed by atoms with Crippen LogP contribution in [0.3, 0.4) is 0 Å². The molecule has 4 rings (SSSR count). The highest BCUT2D eigenvalue weighted by Crippen LogP contribution is 2.24. The molecular formula is C20H17ClN4O2S. The predicted molar refractivity (Wildman–Crippen MR) is 109 cm³/mol. The SMILES string of the molecule is N#Cc1nc(N2CCN(S(=O)(=O)c3ccc4ccccc4c3)CC2)ccc1Cl. The second-order valence-electron chi connectivity index (χ2n) is 6.51. The number of nitriles is 1. The van der Waals surface area contributed by atoms with Crippen molar-refractivity contribution in [2.45, 2.75) is 4.90 Å². The molecule has 0 saturated carbocycles. The van der Waals surface area contributed by atoms with Gasteiger partial charge in [-0.05, 0) is 35.0 Å². The molecule has 6 nitrogen and oxygen atoms in total. The fraction of sp³-hybridized carbons (Fsp3) is 0.200. The van der Waals surface area contributed by atoms with E-state index < -0.39 is 10.0 Å². The number of benzene rings is 2. The maximum absolute atomic E-state index is 13.1. The number of rotatable bonds is 3. The molecule has 1 aliphatic rings. The highest BCUT2D eigenvalue weighted by Gasteiger charge is 2.29. The number of pyridine rings is 1. The molecule has 1 fully saturated rings. The van der Waals surface area contributed by atoms with Crippen molar-refractivity contribution in [2.24, 2.45) is 0 Å². The van der Waals surface area contributed by atoms with Crippen LogP contribution in [0.15, 0.2) is 59.5 Å². The molecule has 1 aromatic heterocycles. The summed E-state index contributed by atoms with van der Waals surface area (Å²) in [5.74, 6) is 0.628. The minimum absolute atomic E-state index is 0.172. The van der Waals surface area contributed by atoms with Crippen molar-refractivity contribution in [3.05, 3.63) is 65.3 Å². The van der Waals surface area contributed by atoms with Gasteiger partial charge in [0.25, 0.3) is 0 Å². The van der Waals surface area contributed by atoms with Gasteiger partial charge in [-0.15, -0.1) is 0 Å². The maximum Gasteiger partial charge on any atom is 0.243 e. The third kappa shape index (κ3) is 3.42. The molecule has 1 aliphatic heterocycles. The summed E-state index contributed by atoms with van der Waals surface area (Å²) in [5, 5.41) is 11.3. The molecule has 0 aliphatic carbocycles. The second-order valence-corrected chi connectivity index (χ2v) is 8.86. The Labute approximate surface area is 168 Å². The van der Waals surface area contributed by atoms with Crippen molar-refractivity contribution in [3.63, 3.8) is 0 Å². The lowest BCUT2D eigenvalue weighted by molar-refractivity contribution is 0.384. The van der Waals surface area contributed by atoms with Gasteiger partial charge in [0, 0.05) is 26.2 Å². The number of halogens is 1. The quantitative estimate of drug-likeness (QED) is 0.659. The normalized spacial score (nSPS) is 15.5. The van der Waals surface area contributed by atoms with Crippen LogP contribution in [0.4, 0.5) is 5.82 Å². The van der Waals surface area contributed by atoms with Gasteiger partial charge in [0.2, 0.25) is 10.0 Å². The Balaban J connectivity index is 1.53. The summed E-state index contributed by atoms with van der Waals surface area (Å²) in [6.45, 7) is 1.68. The third-order valence-electron chi connectivity index (χ3n) is 4.86. The fourth-order valence-electron chi connectivity index (χ4n) is 3.32. The third-order valence-corrected chi connectivity index (χ3v) is 7.06. The molecule has 1 saturated heterocycles. The van der Waals surface area contributed by atoms with E-state index in [1.165, 1.54) is 4.31 Å². The average molecular weight is 413 g/mol. The molecule has 0 amide bonds.